The number of aliphatic hydroxyl groups is 3. The molecule has 0 bridgehead atoms. The number of carbonyl (C=O) groups is 2. The van der Waals surface area contributed by atoms with Crippen LogP contribution >= 0.6 is 15.6 Å². The summed E-state index contributed by atoms with van der Waals surface area (Å²) >= 11 is 0. The summed E-state index contributed by atoms with van der Waals surface area (Å²) in [5.41, 5.74) is 4.56. The first-order valence-corrected chi connectivity index (χ1v) is 28.0. The Labute approximate surface area is 430 Å². The van der Waals surface area contributed by atoms with E-state index in [0.717, 1.165) is 87.8 Å². The Balaban J connectivity index is 1.88. The van der Waals surface area contributed by atoms with Crippen molar-refractivity contribution >= 4 is 33.4 Å². The molecule has 1 aliphatic heterocycles. The summed E-state index contributed by atoms with van der Waals surface area (Å²) in [5, 5.41) is 31.3. The molecule has 8 atom stereocenters. The summed E-state index contributed by atoms with van der Waals surface area (Å²) < 4.78 is 56.6. The molecule has 1 saturated heterocycles. The van der Waals surface area contributed by atoms with Crippen LogP contribution in [0.4, 0.5) is 5.82 Å². The predicted octanol–water partition coefficient (Wildman–Crippen LogP) is 9.19. The highest BCUT2D eigenvalue weighted by Crippen LogP contribution is 2.60. The average molecular weight is 1060 g/mol. The monoisotopic (exact) mass is 1060 g/mol. The van der Waals surface area contributed by atoms with Crippen LogP contribution in [-0.2, 0) is 46.3 Å². The predicted molar refractivity (Wildman–Crippen MR) is 280 cm³/mol. The Morgan fingerprint density at radius 2 is 1.27 bits per heavy atom. The van der Waals surface area contributed by atoms with Crippen molar-refractivity contribution in [1.29, 1.82) is 0 Å². The van der Waals surface area contributed by atoms with Crippen LogP contribution in [0.15, 0.2) is 126 Å². The van der Waals surface area contributed by atoms with Crippen LogP contribution in [0.5, 0.6) is 0 Å². The molecule has 0 saturated carbocycles. The summed E-state index contributed by atoms with van der Waals surface area (Å²) in [4.78, 5) is 61.9. The molecule has 3 unspecified atom stereocenters. The fraction of sp³-hybridized carbons (Fsp3) is 0.538. The number of hydrogen-bond acceptors (Lipinski definition) is 16. The van der Waals surface area contributed by atoms with Gasteiger partial charge in [0.05, 0.1) is 19.3 Å². The second kappa shape index (κ2) is 38.9. The Bertz CT molecular complexity index is 2170. The summed E-state index contributed by atoms with van der Waals surface area (Å²) in [6, 6.07) is 1.23. The number of anilines is 1. The van der Waals surface area contributed by atoms with Gasteiger partial charge in [0.1, 0.15) is 30.7 Å². The summed E-state index contributed by atoms with van der Waals surface area (Å²) in [7, 11) is -11.0. The van der Waals surface area contributed by atoms with E-state index in [1.165, 1.54) is 6.07 Å². The van der Waals surface area contributed by atoms with Crippen molar-refractivity contribution in [2.45, 2.75) is 160 Å². The minimum atomic E-state index is -5.49. The molecule has 1 aromatic heterocycles. The van der Waals surface area contributed by atoms with Crippen molar-refractivity contribution in [2.75, 3.05) is 25.6 Å². The van der Waals surface area contributed by atoms with Crippen molar-refractivity contribution < 1.29 is 71.4 Å². The molecule has 2 rings (SSSR count). The fourth-order valence-corrected chi connectivity index (χ4v) is 8.74. The maximum Gasteiger partial charge on any atom is 0.481 e. The van der Waals surface area contributed by atoms with Crippen LogP contribution in [0.25, 0.3) is 0 Å². The van der Waals surface area contributed by atoms with Gasteiger partial charge in [0.15, 0.2) is 12.3 Å². The fourth-order valence-electron chi connectivity index (χ4n) is 6.63. The third-order valence-electron chi connectivity index (χ3n) is 10.5. The molecule has 0 radical (unpaired) electrons. The highest BCUT2D eigenvalue weighted by Gasteiger charge is 2.46. The van der Waals surface area contributed by atoms with E-state index in [-0.39, 0.29) is 31.5 Å². The lowest BCUT2D eigenvalue weighted by molar-refractivity contribution is -0.161. The maximum absolute atomic E-state index is 12.9. The molecule has 0 aliphatic carbocycles. The van der Waals surface area contributed by atoms with Gasteiger partial charge in [-0.25, -0.2) is 13.9 Å². The highest BCUT2D eigenvalue weighted by atomic mass is 31.3. The Hall–Kier alpha value is -4.62. The smallest absolute Gasteiger partial charge is 0.462 e. The second-order valence-electron chi connectivity index (χ2n) is 16.7. The van der Waals surface area contributed by atoms with E-state index in [1.807, 2.05) is 12.2 Å². The van der Waals surface area contributed by atoms with Gasteiger partial charge >= 0.3 is 33.3 Å². The molecule has 1 aliphatic rings. The molecule has 73 heavy (non-hydrogen) atoms. The number of aromatic nitrogens is 2. The van der Waals surface area contributed by atoms with E-state index in [9.17, 15) is 48.6 Å². The number of ether oxygens (including phenoxy) is 3. The van der Waals surface area contributed by atoms with E-state index in [4.69, 9.17) is 29.0 Å². The number of carbonyl (C=O) groups excluding carboxylic acids is 2. The lowest BCUT2D eigenvalue weighted by Gasteiger charge is -2.21. The Morgan fingerprint density at radius 3 is 1.88 bits per heavy atom. The van der Waals surface area contributed by atoms with Gasteiger partial charge in [0.2, 0.25) is 0 Å². The molecule has 0 aromatic carbocycles. The maximum atomic E-state index is 12.9. The number of nitrogens with zero attached hydrogens (tertiary/aromatic N) is 2. The Kier molecular flexibility index (Phi) is 34.4. The van der Waals surface area contributed by atoms with Gasteiger partial charge in [-0.15, -0.1) is 0 Å². The number of unbranched alkanes of at least 4 members (excludes halogenated alkanes) is 4. The highest BCUT2D eigenvalue weighted by molar-refractivity contribution is 7.61. The molecular formula is C52H79N3O16P2. The van der Waals surface area contributed by atoms with Crippen molar-refractivity contribution in [3.63, 3.8) is 0 Å². The van der Waals surface area contributed by atoms with Crippen LogP contribution in [0.1, 0.15) is 129 Å². The summed E-state index contributed by atoms with van der Waals surface area (Å²) in [6.07, 6.45) is 40.5. The van der Waals surface area contributed by atoms with E-state index in [2.05, 4.69) is 102 Å². The number of nitrogens with two attached hydrogens (primary N) is 1. The number of nitrogen functional groups attached to an aromatic ring is 1. The van der Waals surface area contributed by atoms with Gasteiger partial charge in [-0.05, 0) is 89.5 Å². The molecular weight excluding hydrogens is 985 g/mol. The SMILES string of the molecule is CC/C=C\C/C=C\C/C=C\C/C=C\C=C\C(O)CCCC(=O)O[C@H](COC(=O)CCCCCC/C=C\C/C=C\C/C=C\C/C=C\CC)COP(=O)(O)OP(=O)(O)OC[C@H]1O[C@@H](n2ccc(N)nc2=O)[C@H](O)[C@@H]1O. The lowest BCUT2D eigenvalue weighted by Crippen LogP contribution is -2.36. The quantitative estimate of drug-likeness (QED) is 0.0118. The molecule has 19 nitrogen and oxygen atoms in total. The third kappa shape index (κ3) is 31.7. The number of phosphoric ester groups is 2. The molecule has 7 N–H and O–H groups in total. The van der Waals surface area contributed by atoms with E-state index < -0.39 is 89.8 Å². The third-order valence-corrected chi connectivity index (χ3v) is 13.1. The number of phosphoric acid groups is 2. The number of esters is 2. The summed E-state index contributed by atoms with van der Waals surface area (Å²) in [6.45, 7) is 1.69. The van der Waals surface area contributed by atoms with Crippen molar-refractivity contribution in [3.05, 3.63) is 132 Å². The van der Waals surface area contributed by atoms with Crippen molar-refractivity contribution in [2.24, 2.45) is 0 Å². The summed E-state index contributed by atoms with van der Waals surface area (Å²) in [5.74, 6) is -1.56. The van der Waals surface area contributed by atoms with Crippen LogP contribution in [-0.4, -0.2) is 96.9 Å². The molecule has 21 heteroatoms. The first-order chi connectivity index (χ1) is 35.1. The van der Waals surface area contributed by atoms with Crippen LogP contribution in [0, 0.1) is 0 Å². The molecule has 408 valence electrons. The number of aliphatic hydroxyl groups excluding tert-OH is 3. The molecule has 0 spiro atoms. The van der Waals surface area contributed by atoms with Crippen LogP contribution < -0.4 is 11.4 Å². The zero-order valence-electron chi connectivity index (χ0n) is 42.2. The van der Waals surface area contributed by atoms with Gasteiger partial charge in [-0.1, -0.05) is 136 Å². The number of rotatable bonds is 39. The van der Waals surface area contributed by atoms with Gasteiger partial charge in [-0.3, -0.25) is 23.2 Å². The molecule has 1 fully saturated rings. The molecule has 2 heterocycles. The first kappa shape index (κ1) is 64.5. The van der Waals surface area contributed by atoms with Crippen LogP contribution in [0.2, 0.25) is 0 Å². The molecule has 1 aromatic rings. The van der Waals surface area contributed by atoms with E-state index >= 15 is 0 Å². The van der Waals surface area contributed by atoms with Crippen molar-refractivity contribution in [3.8, 4) is 0 Å². The number of allylic oxidation sites excluding steroid dienone is 17. The first-order valence-electron chi connectivity index (χ1n) is 25.0. The van der Waals surface area contributed by atoms with E-state index in [0.29, 0.717) is 6.42 Å². The zero-order valence-corrected chi connectivity index (χ0v) is 44.0. The normalized spacial score (nSPS) is 20.3. The zero-order chi connectivity index (χ0) is 53.6. The second-order valence-corrected chi connectivity index (χ2v) is 19.8. The standard InChI is InChI=1S/C52H79N3O16P2/c1-3-5-7-9-11-13-15-17-18-19-20-22-24-26-28-30-32-36-47(57)66-40-44(69-48(58)37-33-35-43(56)34-31-29-27-25-23-21-16-14-12-10-8-6-4-2)41-67-72(62,63)71-73(64,65)68-42-45-49(59)50(60)51(70-45)55-39-38-46(53)54-52(55)61/h5-8,11-14,17-18,20-23,27,29,31,34,38-39,43-45,49-51,56,59-60H,3-4,9-10,15-16,19,24-26,28,30,32-33,35-37,40-42H2,1-2H3,(H,62,63)(H,64,65)(H2,53,54,61)/b7-5-,8-6-,13-11-,14-12-,18-17-,22-20-,23-21-,29-27-,34-31+/t43?,44-,45-,49-,50-,51-/m1/s1. The number of hydrogen-bond donors (Lipinski definition) is 6. The van der Waals surface area contributed by atoms with Crippen molar-refractivity contribution in [1.82, 2.24) is 9.55 Å². The topological polar surface area (TPSA) is 286 Å². The Morgan fingerprint density at radius 1 is 0.726 bits per heavy atom. The molecule has 0 amide bonds. The largest absolute Gasteiger partial charge is 0.481 e. The van der Waals surface area contributed by atoms with Gasteiger partial charge in [0, 0.05) is 19.0 Å². The average Bonchev–Trinajstić information content (AvgIpc) is 3.62. The van der Waals surface area contributed by atoms with Crippen LogP contribution in [0.3, 0.4) is 0 Å². The minimum Gasteiger partial charge on any atom is -0.462 e. The van der Waals surface area contributed by atoms with Gasteiger partial charge < -0.3 is 45.1 Å². The van der Waals surface area contributed by atoms with Gasteiger partial charge in [-0.2, -0.15) is 9.29 Å². The van der Waals surface area contributed by atoms with Gasteiger partial charge in [0.25, 0.3) is 0 Å². The van der Waals surface area contributed by atoms with E-state index in [1.54, 1.807) is 18.2 Å². The lowest BCUT2D eigenvalue weighted by atomic mass is 10.1. The minimum absolute atomic E-state index is 0.0508.